The van der Waals surface area contributed by atoms with Gasteiger partial charge in [0.05, 0.1) is 12.9 Å². The molecule has 1 aliphatic heterocycles. The molecule has 4 rings (SSSR count). The van der Waals surface area contributed by atoms with E-state index in [1.807, 2.05) is 16.5 Å². The average molecular weight is 367 g/mol. The van der Waals surface area contributed by atoms with Crippen LogP contribution in [0.4, 0.5) is 0 Å². The van der Waals surface area contributed by atoms with Crippen LogP contribution in [0.15, 0.2) is 36.8 Å². The number of carbonyl (C=O) groups excluding carboxylic acids is 1. The van der Waals surface area contributed by atoms with Crippen LogP contribution in [-0.2, 0) is 24.8 Å². The molecule has 2 fully saturated rings. The van der Waals surface area contributed by atoms with E-state index in [1.165, 1.54) is 24.0 Å². The van der Waals surface area contributed by atoms with Crippen molar-refractivity contribution < 1.29 is 9.53 Å². The first kappa shape index (κ1) is 18.2. The highest BCUT2D eigenvalue weighted by atomic mass is 16.5. The van der Waals surface area contributed by atoms with Crippen LogP contribution in [-0.4, -0.2) is 40.1 Å². The summed E-state index contributed by atoms with van der Waals surface area (Å²) in [6.45, 7) is 3.29. The van der Waals surface area contributed by atoms with Crippen molar-refractivity contribution in [2.24, 2.45) is 18.9 Å². The van der Waals surface area contributed by atoms with Crippen molar-refractivity contribution in [3.8, 4) is 0 Å². The lowest BCUT2D eigenvalue weighted by atomic mass is 9.90. The third kappa shape index (κ3) is 4.98. The summed E-state index contributed by atoms with van der Waals surface area (Å²) in [5.74, 6) is 1.53. The second kappa shape index (κ2) is 8.26. The Kier molecular flexibility index (Phi) is 5.58. The first-order valence-corrected chi connectivity index (χ1v) is 10.1. The third-order valence-electron chi connectivity index (χ3n) is 5.69. The van der Waals surface area contributed by atoms with Crippen molar-refractivity contribution >= 4 is 5.91 Å². The lowest BCUT2D eigenvalue weighted by Gasteiger charge is -2.31. The molecule has 1 aliphatic carbocycles. The number of aromatic nitrogens is 2. The quantitative estimate of drug-likeness (QED) is 0.753. The van der Waals surface area contributed by atoms with Gasteiger partial charge in [0.15, 0.2) is 0 Å². The largest absolute Gasteiger partial charge is 0.376 e. The third-order valence-corrected chi connectivity index (χ3v) is 5.69. The number of hydrogen-bond acceptors (Lipinski definition) is 3. The molecule has 1 aromatic heterocycles. The predicted molar refractivity (Wildman–Crippen MR) is 104 cm³/mol. The summed E-state index contributed by atoms with van der Waals surface area (Å²) < 4.78 is 7.58. The van der Waals surface area contributed by atoms with Crippen LogP contribution in [0.5, 0.6) is 0 Å². The molecule has 0 radical (unpaired) electrons. The average Bonchev–Trinajstić information content (AvgIpc) is 3.41. The van der Waals surface area contributed by atoms with Crippen molar-refractivity contribution in [3.63, 3.8) is 0 Å². The van der Waals surface area contributed by atoms with E-state index in [9.17, 15) is 4.79 Å². The number of benzene rings is 1. The van der Waals surface area contributed by atoms with Gasteiger partial charge in [-0.1, -0.05) is 24.3 Å². The number of carbonyl (C=O) groups is 1. The molecule has 0 N–H and O–H groups in total. The first-order valence-electron chi connectivity index (χ1n) is 10.1. The van der Waals surface area contributed by atoms with Gasteiger partial charge in [-0.2, -0.15) is 0 Å². The number of ether oxygens (including phenoxy) is 1. The molecular weight excluding hydrogens is 338 g/mol. The Morgan fingerprint density at radius 3 is 2.41 bits per heavy atom. The van der Waals surface area contributed by atoms with Gasteiger partial charge in [0.25, 0.3) is 5.91 Å². The van der Waals surface area contributed by atoms with Crippen LogP contribution >= 0.6 is 0 Å². The molecule has 0 atom stereocenters. The number of hydrogen-bond donors (Lipinski definition) is 0. The van der Waals surface area contributed by atoms with E-state index in [0.29, 0.717) is 11.6 Å². The van der Waals surface area contributed by atoms with Crippen molar-refractivity contribution in [3.05, 3.63) is 53.6 Å². The summed E-state index contributed by atoms with van der Waals surface area (Å²) >= 11 is 0. The Morgan fingerprint density at radius 1 is 1.07 bits per heavy atom. The Morgan fingerprint density at radius 2 is 1.78 bits per heavy atom. The summed E-state index contributed by atoms with van der Waals surface area (Å²) in [5.41, 5.74) is 3.20. The summed E-state index contributed by atoms with van der Waals surface area (Å²) in [6, 6.07) is 8.87. The van der Waals surface area contributed by atoms with E-state index in [2.05, 4.69) is 29.2 Å². The number of rotatable bonds is 7. The highest BCUT2D eigenvalue weighted by Gasteiger charge is 2.25. The zero-order chi connectivity index (χ0) is 18.6. The van der Waals surface area contributed by atoms with Crippen LogP contribution in [0, 0.1) is 11.8 Å². The van der Waals surface area contributed by atoms with Gasteiger partial charge < -0.3 is 14.2 Å². The maximum Gasteiger partial charge on any atom is 0.274 e. The number of amides is 1. The number of nitrogens with zero attached hydrogens (tertiary/aromatic N) is 3. The molecule has 2 heterocycles. The highest BCUT2D eigenvalue weighted by Crippen LogP contribution is 2.29. The highest BCUT2D eigenvalue weighted by molar-refractivity contribution is 5.92. The molecule has 1 saturated heterocycles. The fourth-order valence-corrected chi connectivity index (χ4v) is 3.76. The number of imidazole rings is 1. The maximum atomic E-state index is 12.5. The second-order valence-electron chi connectivity index (χ2n) is 8.14. The Balaban J connectivity index is 1.22. The molecule has 2 aliphatic rings. The smallest absolute Gasteiger partial charge is 0.274 e. The van der Waals surface area contributed by atoms with E-state index >= 15 is 0 Å². The van der Waals surface area contributed by atoms with Gasteiger partial charge in [0.2, 0.25) is 0 Å². The van der Waals surface area contributed by atoms with Gasteiger partial charge in [0.1, 0.15) is 5.69 Å². The molecule has 0 bridgehead atoms. The second-order valence-corrected chi connectivity index (χ2v) is 8.14. The van der Waals surface area contributed by atoms with Crippen LogP contribution in [0.3, 0.4) is 0 Å². The minimum Gasteiger partial charge on any atom is -0.376 e. The SMILES string of the molecule is Cn1cnc(C(=O)N2CCC(Cc3ccc(COCC4CC4)cc3)CC2)c1. The van der Waals surface area contributed by atoms with E-state index in [-0.39, 0.29) is 5.91 Å². The van der Waals surface area contributed by atoms with Crippen molar-refractivity contribution in [1.82, 2.24) is 14.5 Å². The minimum atomic E-state index is 0.0598. The fraction of sp³-hybridized carbons (Fsp3) is 0.545. The molecule has 1 saturated carbocycles. The molecule has 144 valence electrons. The molecule has 0 unspecified atom stereocenters. The summed E-state index contributed by atoms with van der Waals surface area (Å²) in [5, 5.41) is 0. The molecule has 1 aromatic carbocycles. The van der Waals surface area contributed by atoms with Gasteiger partial charge in [-0.15, -0.1) is 0 Å². The number of aryl methyl sites for hydroxylation is 1. The Hall–Kier alpha value is -2.14. The van der Waals surface area contributed by atoms with Gasteiger partial charge >= 0.3 is 0 Å². The zero-order valence-corrected chi connectivity index (χ0v) is 16.1. The molecule has 5 heteroatoms. The van der Waals surface area contributed by atoms with Crippen molar-refractivity contribution in [1.29, 1.82) is 0 Å². The van der Waals surface area contributed by atoms with Gasteiger partial charge in [-0.3, -0.25) is 4.79 Å². The molecule has 0 spiro atoms. The molecule has 5 nitrogen and oxygen atoms in total. The van der Waals surface area contributed by atoms with E-state index in [4.69, 9.17) is 4.74 Å². The van der Waals surface area contributed by atoms with Crippen LogP contribution in [0.1, 0.15) is 47.3 Å². The molecule has 2 aromatic rings. The predicted octanol–water partition coefficient (Wildman–Crippen LogP) is 3.44. The van der Waals surface area contributed by atoms with Crippen molar-refractivity contribution in [2.75, 3.05) is 19.7 Å². The molecular formula is C22H29N3O2. The van der Waals surface area contributed by atoms with Crippen LogP contribution < -0.4 is 0 Å². The van der Waals surface area contributed by atoms with Crippen LogP contribution in [0.2, 0.25) is 0 Å². The summed E-state index contributed by atoms with van der Waals surface area (Å²) in [7, 11) is 1.89. The van der Waals surface area contributed by atoms with Gasteiger partial charge in [0, 0.05) is 32.9 Å². The van der Waals surface area contributed by atoms with Crippen LogP contribution in [0.25, 0.3) is 0 Å². The fourth-order valence-electron chi connectivity index (χ4n) is 3.76. The normalized spacial score (nSPS) is 18.0. The lowest BCUT2D eigenvalue weighted by Crippen LogP contribution is -2.39. The Bertz CT molecular complexity index is 756. The minimum absolute atomic E-state index is 0.0598. The monoisotopic (exact) mass is 367 g/mol. The van der Waals surface area contributed by atoms with Crippen molar-refractivity contribution in [2.45, 2.75) is 38.7 Å². The van der Waals surface area contributed by atoms with E-state index < -0.39 is 0 Å². The van der Waals surface area contributed by atoms with E-state index in [0.717, 1.165) is 51.5 Å². The zero-order valence-electron chi connectivity index (χ0n) is 16.1. The molecule has 27 heavy (non-hydrogen) atoms. The summed E-state index contributed by atoms with van der Waals surface area (Å²) in [6.07, 6.45) is 9.37. The number of likely N-dealkylation sites (tertiary alicyclic amines) is 1. The lowest BCUT2D eigenvalue weighted by molar-refractivity contribution is 0.0685. The van der Waals surface area contributed by atoms with Gasteiger partial charge in [-0.25, -0.2) is 4.98 Å². The topological polar surface area (TPSA) is 47.4 Å². The first-order chi connectivity index (χ1) is 13.2. The summed E-state index contributed by atoms with van der Waals surface area (Å²) in [4.78, 5) is 18.6. The standard InChI is InChI=1S/C22H29N3O2/c1-24-13-21(23-16-24)22(26)25-10-8-18(9-11-25)12-17-2-4-19(5-3-17)14-27-15-20-6-7-20/h2-5,13,16,18,20H,6-12,14-15H2,1H3. The maximum absolute atomic E-state index is 12.5. The van der Waals surface area contributed by atoms with Gasteiger partial charge in [-0.05, 0) is 55.1 Å². The number of piperidine rings is 1. The molecule has 1 amide bonds. The Labute approximate surface area is 161 Å². The van der Waals surface area contributed by atoms with E-state index in [1.54, 1.807) is 12.5 Å².